The Morgan fingerprint density at radius 1 is 1.11 bits per heavy atom. The number of benzene rings is 2. The van der Waals surface area contributed by atoms with Gasteiger partial charge in [-0.05, 0) is 42.3 Å². The minimum Gasteiger partial charge on any atom is -0.481 e. The van der Waals surface area contributed by atoms with Crippen LogP contribution in [-0.2, 0) is 11.2 Å². The number of hydrogen-bond acceptors (Lipinski definition) is 5. The third kappa shape index (κ3) is 5.65. The standard InChI is InChI=1S/C18H18N4O5/c19-21-10-20-13-3-1-2-12(8-13)17(25)22-14-6-4-11(5-7-16(23)24)15(9-14)18(26)27/h1-4,6,8-10H,5,7,19H2,(H,20,21)(H,22,25)(H,23,24)(H,26,27). The van der Waals surface area contributed by atoms with E-state index in [-0.39, 0.29) is 24.1 Å². The smallest absolute Gasteiger partial charge is 0.336 e. The van der Waals surface area contributed by atoms with Crippen LogP contribution in [0.3, 0.4) is 0 Å². The van der Waals surface area contributed by atoms with E-state index < -0.39 is 17.8 Å². The van der Waals surface area contributed by atoms with Crippen molar-refractivity contribution in [2.24, 2.45) is 10.8 Å². The fourth-order valence-electron chi connectivity index (χ4n) is 2.36. The molecule has 2 rings (SSSR count). The molecule has 9 heteroatoms. The number of aromatic carboxylic acids is 1. The molecule has 0 aliphatic rings. The van der Waals surface area contributed by atoms with Crippen LogP contribution in [0.15, 0.2) is 47.5 Å². The van der Waals surface area contributed by atoms with Gasteiger partial charge in [0.05, 0.1) is 11.3 Å². The number of nitrogens with two attached hydrogens (primary N) is 1. The molecule has 0 bridgehead atoms. The third-order valence-electron chi connectivity index (χ3n) is 3.60. The molecule has 0 saturated carbocycles. The lowest BCUT2D eigenvalue weighted by atomic mass is 10.0. The second-order valence-electron chi connectivity index (χ2n) is 5.50. The molecule has 0 unspecified atom stereocenters. The van der Waals surface area contributed by atoms with Crippen molar-refractivity contribution >= 4 is 35.6 Å². The first-order valence-corrected chi connectivity index (χ1v) is 7.89. The van der Waals surface area contributed by atoms with Crippen molar-refractivity contribution < 1.29 is 24.6 Å². The SMILES string of the molecule is NNC=Nc1cccc(C(=O)Nc2ccc(CCC(=O)O)c(C(=O)O)c2)c1. The minimum absolute atomic E-state index is 0.0542. The van der Waals surface area contributed by atoms with Crippen LogP contribution in [0.25, 0.3) is 0 Å². The third-order valence-corrected chi connectivity index (χ3v) is 3.60. The van der Waals surface area contributed by atoms with Gasteiger partial charge in [-0.3, -0.25) is 9.59 Å². The van der Waals surface area contributed by atoms with E-state index in [0.717, 1.165) is 0 Å². The number of nitrogens with one attached hydrogen (secondary N) is 2. The van der Waals surface area contributed by atoms with Crippen molar-refractivity contribution in [3.63, 3.8) is 0 Å². The van der Waals surface area contributed by atoms with Crippen LogP contribution in [0.1, 0.15) is 32.7 Å². The maximum absolute atomic E-state index is 12.4. The summed E-state index contributed by atoms with van der Waals surface area (Å²) in [4.78, 5) is 38.5. The fraction of sp³-hybridized carbons (Fsp3) is 0.111. The summed E-state index contributed by atoms with van der Waals surface area (Å²) in [6.45, 7) is 0. The molecule has 0 atom stereocenters. The van der Waals surface area contributed by atoms with Crippen LogP contribution in [0.4, 0.5) is 11.4 Å². The highest BCUT2D eigenvalue weighted by Gasteiger charge is 2.14. The second kappa shape index (κ2) is 9.11. The van der Waals surface area contributed by atoms with Gasteiger partial charge in [-0.1, -0.05) is 12.1 Å². The van der Waals surface area contributed by atoms with Crippen molar-refractivity contribution in [3.05, 3.63) is 59.2 Å². The van der Waals surface area contributed by atoms with E-state index in [1.165, 1.54) is 24.5 Å². The molecule has 0 fully saturated rings. The number of aliphatic carboxylic acids is 1. The van der Waals surface area contributed by atoms with E-state index >= 15 is 0 Å². The highest BCUT2D eigenvalue weighted by Crippen LogP contribution is 2.20. The first-order chi connectivity index (χ1) is 12.9. The lowest BCUT2D eigenvalue weighted by molar-refractivity contribution is -0.136. The molecular formula is C18H18N4O5. The predicted molar refractivity (Wildman–Crippen MR) is 99.2 cm³/mol. The summed E-state index contributed by atoms with van der Waals surface area (Å²) in [6.07, 6.45) is 1.17. The van der Waals surface area contributed by atoms with Crippen LogP contribution in [0.5, 0.6) is 0 Å². The molecule has 0 aliphatic carbocycles. The number of hydrogen-bond donors (Lipinski definition) is 5. The van der Waals surface area contributed by atoms with Gasteiger partial charge >= 0.3 is 11.9 Å². The molecule has 2 aromatic carbocycles. The summed E-state index contributed by atoms with van der Waals surface area (Å²) >= 11 is 0. The van der Waals surface area contributed by atoms with Crippen molar-refractivity contribution in [2.75, 3.05) is 5.32 Å². The van der Waals surface area contributed by atoms with E-state index in [1.54, 1.807) is 24.3 Å². The molecule has 9 nitrogen and oxygen atoms in total. The first-order valence-electron chi connectivity index (χ1n) is 7.89. The largest absolute Gasteiger partial charge is 0.481 e. The lowest BCUT2D eigenvalue weighted by Gasteiger charge is -2.10. The Hall–Kier alpha value is -3.72. The van der Waals surface area contributed by atoms with Gasteiger partial charge in [0.25, 0.3) is 5.91 Å². The summed E-state index contributed by atoms with van der Waals surface area (Å²) in [5, 5.41) is 20.7. The Morgan fingerprint density at radius 2 is 1.89 bits per heavy atom. The van der Waals surface area contributed by atoms with Crippen LogP contribution in [-0.4, -0.2) is 34.4 Å². The molecule has 140 valence electrons. The molecule has 1 amide bonds. The Morgan fingerprint density at radius 3 is 2.56 bits per heavy atom. The van der Waals surface area contributed by atoms with Gasteiger partial charge in [-0.25, -0.2) is 15.6 Å². The maximum atomic E-state index is 12.4. The Bertz CT molecular complexity index is 895. The van der Waals surface area contributed by atoms with Crippen LogP contribution in [0.2, 0.25) is 0 Å². The number of carbonyl (C=O) groups is 3. The highest BCUT2D eigenvalue weighted by atomic mass is 16.4. The molecule has 2 aromatic rings. The van der Waals surface area contributed by atoms with Crippen LogP contribution in [0, 0.1) is 0 Å². The van der Waals surface area contributed by atoms with Crippen LogP contribution >= 0.6 is 0 Å². The number of carbonyl (C=O) groups excluding carboxylic acids is 1. The number of aliphatic imine (C=N–C) groups is 1. The highest BCUT2D eigenvalue weighted by molar-refractivity contribution is 6.05. The minimum atomic E-state index is -1.20. The van der Waals surface area contributed by atoms with Crippen molar-refractivity contribution in [2.45, 2.75) is 12.8 Å². The second-order valence-corrected chi connectivity index (χ2v) is 5.50. The zero-order valence-corrected chi connectivity index (χ0v) is 14.2. The van der Waals surface area contributed by atoms with E-state index in [0.29, 0.717) is 16.8 Å². The topological polar surface area (TPSA) is 154 Å². The number of amides is 1. The van der Waals surface area contributed by atoms with E-state index in [9.17, 15) is 19.5 Å². The zero-order chi connectivity index (χ0) is 19.8. The molecule has 0 aromatic heterocycles. The monoisotopic (exact) mass is 370 g/mol. The average Bonchev–Trinajstić information content (AvgIpc) is 2.65. The number of rotatable bonds is 8. The zero-order valence-electron chi connectivity index (χ0n) is 14.2. The molecule has 0 saturated heterocycles. The molecule has 0 aliphatic heterocycles. The molecular weight excluding hydrogens is 352 g/mol. The number of carboxylic acid groups (broad SMARTS) is 2. The van der Waals surface area contributed by atoms with E-state index in [1.807, 2.05) is 0 Å². The summed E-state index contributed by atoms with van der Waals surface area (Å²) in [7, 11) is 0. The Labute approximate surface area is 154 Å². The number of nitrogens with zero attached hydrogens (tertiary/aromatic N) is 1. The maximum Gasteiger partial charge on any atom is 0.336 e. The number of carboxylic acids is 2. The molecule has 6 N–H and O–H groups in total. The van der Waals surface area contributed by atoms with Crippen molar-refractivity contribution in [3.8, 4) is 0 Å². The molecule has 0 radical (unpaired) electrons. The summed E-state index contributed by atoms with van der Waals surface area (Å²) in [6, 6.07) is 10.8. The summed E-state index contributed by atoms with van der Waals surface area (Å²) < 4.78 is 0. The van der Waals surface area contributed by atoms with Gasteiger partial charge in [-0.15, -0.1) is 0 Å². The van der Waals surface area contributed by atoms with Crippen molar-refractivity contribution in [1.29, 1.82) is 0 Å². The van der Waals surface area contributed by atoms with Gasteiger partial charge in [0.1, 0.15) is 6.34 Å². The van der Waals surface area contributed by atoms with Crippen molar-refractivity contribution in [1.82, 2.24) is 5.43 Å². The van der Waals surface area contributed by atoms with Gasteiger partial charge in [0.15, 0.2) is 0 Å². The number of aryl methyl sites for hydroxylation is 1. The average molecular weight is 370 g/mol. The normalized spacial score (nSPS) is 10.6. The molecule has 0 heterocycles. The first kappa shape index (κ1) is 19.6. The van der Waals surface area contributed by atoms with Gasteiger partial charge in [0, 0.05) is 17.7 Å². The fourth-order valence-corrected chi connectivity index (χ4v) is 2.36. The quantitative estimate of drug-likeness (QED) is 0.205. The Balaban J connectivity index is 2.20. The molecule has 27 heavy (non-hydrogen) atoms. The van der Waals surface area contributed by atoms with Gasteiger partial charge < -0.3 is 21.0 Å². The van der Waals surface area contributed by atoms with Crippen LogP contribution < -0.4 is 16.6 Å². The number of anilines is 1. The summed E-state index contributed by atoms with van der Waals surface area (Å²) in [5.74, 6) is 2.45. The summed E-state index contributed by atoms with van der Waals surface area (Å²) in [5.41, 5.74) is 3.71. The molecule has 0 spiro atoms. The predicted octanol–water partition coefficient (Wildman–Crippen LogP) is 1.78. The van der Waals surface area contributed by atoms with Gasteiger partial charge in [-0.2, -0.15) is 0 Å². The van der Waals surface area contributed by atoms with Gasteiger partial charge in [0.2, 0.25) is 0 Å². The lowest BCUT2D eigenvalue weighted by Crippen LogP contribution is -2.18. The number of hydrazine groups is 1. The Kier molecular flexibility index (Phi) is 6.61. The van der Waals surface area contributed by atoms with E-state index in [2.05, 4.69) is 15.7 Å². The van der Waals surface area contributed by atoms with E-state index in [4.69, 9.17) is 10.9 Å².